The van der Waals surface area contributed by atoms with Crippen LogP contribution in [-0.2, 0) is 4.79 Å². The molecule has 0 spiro atoms. The molecule has 1 atom stereocenters. The minimum absolute atomic E-state index is 0.156. The fourth-order valence-corrected chi connectivity index (χ4v) is 3.36. The highest BCUT2D eigenvalue weighted by atomic mass is 32.2. The van der Waals surface area contributed by atoms with Gasteiger partial charge in [0.2, 0.25) is 5.91 Å². The minimum atomic E-state index is -0.416. The molecule has 2 nitrogen and oxygen atoms in total. The van der Waals surface area contributed by atoms with Crippen molar-refractivity contribution in [3.8, 4) is 11.1 Å². The second kappa shape index (κ2) is 7.99. The lowest BCUT2D eigenvalue weighted by Crippen LogP contribution is -2.22. The molecule has 0 aliphatic rings. The Hall–Kier alpha value is -2.59. The van der Waals surface area contributed by atoms with Gasteiger partial charge in [0.1, 0.15) is 5.82 Å². The lowest BCUT2D eigenvalue weighted by atomic mass is 10.0. The molecule has 1 N–H and O–H groups in total. The van der Waals surface area contributed by atoms with Gasteiger partial charge in [0, 0.05) is 16.1 Å². The number of thioether (sulfide) groups is 1. The van der Waals surface area contributed by atoms with Crippen molar-refractivity contribution >= 4 is 23.4 Å². The van der Waals surface area contributed by atoms with Gasteiger partial charge in [0.05, 0.1) is 5.25 Å². The van der Waals surface area contributed by atoms with E-state index in [0.29, 0.717) is 4.90 Å². The standard InChI is InChI=1S/C21H18FNOS/c1-15(25-20-14-8-6-12-18(20)22)21(24)23-19-13-7-5-11-17(19)16-9-3-2-4-10-16/h2-15H,1H3,(H,23,24). The quantitative estimate of drug-likeness (QED) is 0.605. The average Bonchev–Trinajstić information content (AvgIpc) is 2.64. The maximum atomic E-state index is 13.8. The molecule has 0 saturated carbocycles. The van der Waals surface area contributed by atoms with E-state index in [1.165, 1.54) is 17.8 Å². The van der Waals surface area contributed by atoms with Gasteiger partial charge in [-0.15, -0.1) is 11.8 Å². The number of carbonyl (C=O) groups excluding carboxylic acids is 1. The predicted octanol–water partition coefficient (Wildman–Crippen LogP) is 5.61. The Bertz CT molecular complexity index is 867. The molecular formula is C21H18FNOS. The minimum Gasteiger partial charge on any atom is -0.325 e. The second-order valence-electron chi connectivity index (χ2n) is 5.59. The van der Waals surface area contributed by atoms with Crippen molar-refractivity contribution < 1.29 is 9.18 Å². The molecule has 0 fully saturated rings. The number of hydrogen-bond acceptors (Lipinski definition) is 2. The SMILES string of the molecule is CC(Sc1ccccc1F)C(=O)Nc1ccccc1-c1ccccc1. The lowest BCUT2D eigenvalue weighted by molar-refractivity contribution is -0.115. The molecular weight excluding hydrogens is 333 g/mol. The summed E-state index contributed by atoms with van der Waals surface area (Å²) in [4.78, 5) is 13.0. The lowest BCUT2D eigenvalue weighted by Gasteiger charge is -2.15. The second-order valence-corrected chi connectivity index (χ2v) is 6.97. The number of carbonyl (C=O) groups is 1. The van der Waals surface area contributed by atoms with Crippen LogP contribution in [0.1, 0.15) is 6.92 Å². The van der Waals surface area contributed by atoms with E-state index in [9.17, 15) is 9.18 Å². The van der Waals surface area contributed by atoms with E-state index < -0.39 is 5.25 Å². The number of benzene rings is 3. The third-order valence-corrected chi connectivity index (χ3v) is 4.93. The summed E-state index contributed by atoms with van der Waals surface area (Å²) < 4.78 is 13.8. The smallest absolute Gasteiger partial charge is 0.237 e. The van der Waals surface area contributed by atoms with Crippen LogP contribution in [0.3, 0.4) is 0 Å². The van der Waals surface area contributed by atoms with Gasteiger partial charge >= 0.3 is 0 Å². The van der Waals surface area contributed by atoms with E-state index in [1.807, 2.05) is 54.6 Å². The number of nitrogens with one attached hydrogen (secondary N) is 1. The summed E-state index contributed by atoms with van der Waals surface area (Å²) >= 11 is 1.21. The van der Waals surface area contributed by atoms with Gasteiger partial charge < -0.3 is 5.32 Å². The van der Waals surface area contributed by atoms with Crippen LogP contribution in [0.25, 0.3) is 11.1 Å². The topological polar surface area (TPSA) is 29.1 Å². The summed E-state index contributed by atoms with van der Waals surface area (Å²) in [5.74, 6) is -0.464. The highest BCUT2D eigenvalue weighted by Gasteiger charge is 2.17. The highest BCUT2D eigenvalue weighted by Crippen LogP contribution is 2.30. The van der Waals surface area contributed by atoms with Crippen LogP contribution in [0.5, 0.6) is 0 Å². The van der Waals surface area contributed by atoms with Crippen molar-refractivity contribution in [1.82, 2.24) is 0 Å². The molecule has 0 bridgehead atoms. The first-order valence-electron chi connectivity index (χ1n) is 8.01. The van der Waals surface area contributed by atoms with Gasteiger partial charge in [-0.2, -0.15) is 0 Å². The molecule has 0 heterocycles. The summed E-state index contributed by atoms with van der Waals surface area (Å²) in [7, 11) is 0. The van der Waals surface area contributed by atoms with Crippen LogP contribution in [0.15, 0.2) is 83.8 Å². The molecule has 1 unspecified atom stereocenters. The van der Waals surface area contributed by atoms with Crippen LogP contribution >= 0.6 is 11.8 Å². The summed E-state index contributed by atoms with van der Waals surface area (Å²) in [6, 6.07) is 24.0. The number of halogens is 1. The highest BCUT2D eigenvalue weighted by molar-refractivity contribution is 8.00. The first-order chi connectivity index (χ1) is 12.1. The van der Waals surface area contributed by atoms with Gasteiger partial charge in [0.15, 0.2) is 0 Å². The van der Waals surface area contributed by atoms with Crippen LogP contribution in [0.4, 0.5) is 10.1 Å². The normalized spacial score (nSPS) is 11.8. The Morgan fingerprint density at radius 2 is 1.56 bits per heavy atom. The fraction of sp³-hybridized carbons (Fsp3) is 0.0952. The van der Waals surface area contributed by atoms with Crippen LogP contribution < -0.4 is 5.32 Å². The van der Waals surface area contributed by atoms with Crippen molar-refractivity contribution in [2.24, 2.45) is 0 Å². The molecule has 0 aliphatic carbocycles. The molecule has 1 amide bonds. The molecule has 3 aromatic rings. The summed E-state index contributed by atoms with van der Waals surface area (Å²) in [5.41, 5.74) is 2.74. The van der Waals surface area contributed by atoms with E-state index in [0.717, 1.165) is 16.8 Å². The molecule has 0 aromatic heterocycles. The molecule has 0 radical (unpaired) electrons. The third kappa shape index (κ3) is 4.28. The number of amides is 1. The number of hydrogen-bond donors (Lipinski definition) is 1. The molecule has 126 valence electrons. The average molecular weight is 351 g/mol. The monoisotopic (exact) mass is 351 g/mol. The zero-order chi connectivity index (χ0) is 17.6. The number of para-hydroxylation sites is 1. The van der Waals surface area contributed by atoms with Crippen molar-refractivity contribution in [3.63, 3.8) is 0 Å². The molecule has 3 aromatic carbocycles. The van der Waals surface area contributed by atoms with E-state index >= 15 is 0 Å². The summed E-state index contributed by atoms with van der Waals surface area (Å²) in [5, 5.41) is 2.55. The van der Waals surface area contributed by atoms with Crippen LogP contribution in [0.2, 0.25) is 0 Å². The van der Waals surface area contributed by atoms with Gasteiger partial charge in [-0.25, -0.2) is 4.39 Å². The van der Waals surface area contributed by atoms with E-state index in [1.54, 1.807) is 25.1 Å². The van der Waals surface area contributed by atoms with Gasteiger partial charge in [-0.3, -0.25) is 4.79 Å². The molecule has 0 saturated heterocycles. The molecule has 4 heteroatoms. The Morgan fingerprint density at radius 1 is 0.920 bits per heavy atom. The van der Waals surface area contributed by atoms with E-state index in [-0.39, 0.29) is 11.7 Å². The maximum absolute atomic E-state index is 13.8. The van der Waals surface area contributed by atoms with Crippen molar-refractivity contribution in [2.45, 2.75) is 17.1 Å². The van der Waals surface area contributed by atoms with E-state index in [4.69, 9.17) is 0 Å². The Labute approximate surface area is 151 Å². The van der Waals surface area contributed by atoms with Crippen LogP contribution in [-0.4, -0.2) is 11.2 Å². The van der Waals surface area contributed by atoms with E-state index in [2.05, 4.69) is 5.32 Å². The predicted molar refractivity (Wildman–Crippen MR) is 102 cm³/mol. The summed E-state index contributed by atoms with van der Waals surface area (Å²) in [6.07, 6.45) is 0. The maximum Gasteiger partial charge on any atom is 0.237 e. The first-order valence-corrected chi connectivity index (χ1v) is 8.89. The molecule has 0 aliphatic heterocycles. The summed E-state index contributed by atoms with van der Waals surface area (Å²) in [6.45, 7) is 1.78. The van der Waals surface area contributed by atoms with Crippen molar-refractivity contribution in [3.05, 3.63) is 84.7 Å². The number of rotatable bonds is 5. The molecule has 25 heavy (non-hydrogen) atoms. The first kappa shape index (κ1) is 17.2. The van der Waals surface area contributed by atoms with Gasteiger partial charge in [-0.05, 0) is 30.7 Å². The third-order valence-electron chi connectivity index (χ3n) is 3.78. The van der Waals surface area contributed by atoms with Crippen molar-refractivity contribution in [1.29, 1.82) is 0 Å². The van der Waals surface area contributed by atoms with Crippen LogP contribution in [0, 0.1) is 5.82 Å². The Kier molecular flexibility index (Phi) is 5.51. The van der Waals surface area contributed by atoms with Crippen molar-refractivity contribution in [2.75, 3.05) is 5.32 Å². The fourth-order valence-electron chi connectivity index (χ4n) is 2.48. The zero-order valence-corrected chi connectivity index (χ0v) is 14.6. The number of anilines is 1. The van der Waals surface area contributed by atoms with Gasteiger partial charge in [-0.1, -0.05) is 60.7 Å². The zero-order valence-electron chi connectivity index (χ0n) is 13.8. The van der Waals surface area contributed by atoms with Gasteiger partial charge in [0.25, 0.3) is 0 Å². The molecule has 3 rings (SSSR count). The Morgan fingerprint density at radius 3 is 2.32 bits per heavy atom. The Balaban J connectivity index is 1.76. The largest absolute Gasteiger partial charge is 0.325 e.